The minimum absolute atomic E-state index is 0.165. The SMILES string of the molecule is CCOC(=O)N1CCC(NC(=O)C2CC23CCN(Cc2ccc(C)o2)CC3)CC1. The number of piperidine rings is 2. The zero-order valence-electron chi connectivity index (χ0n) is 17.6. The Morgan fingerprint density at radius 3 is 2.55 bits per heavy atom. The van der Waals surface area contributed by atoms with Crippen LogP contribution >= 0.6 is 0 Å². The molecule has 2 saturated heterocycles. The number of rotatable bonds is 5. The van der Waals surface area contributed by atoms with Gasteiger partial charge in [0.2, 0.25) is 5.91 Å². The van der Waals surface area contributed by atoms with E-state index in [0.717, 1.165) is 63.3 Å². The molecule has 0 radical (unpaired) electrons. The van der Waals surface area contributed by atoms with Crippen molar-refractivity contribution in [2.45, 2.75) is 58.5 Å². The monoisotopic (exact) mass is 403 g/mol. The standard InChI is InChI=1S/C22H33N3O4/c1-3-28-21(27)25-10-6-17(7-11-25)23-20(26)19-14-22(19)8-12-24(13-9-22)15-18-5-4-16(2)29-18/h4-5,17,19H,3,6-15H2,1-2H3,(H,23,26). The molecule has 7 nitrogen and oxygen atoms in total. The second-order valence-electron chi connectivity index (χ2n) is 8.88. The minimum atomic E-state index is -0.241. The van der Waals surface area contributed by atoms with E-state index in [0.29, 0.717) is 19.7 Å². The van der Waals surface area contributed by atoms with Crippen LogP contribution in [0.15, 0.2) is 16.5 Å². The fraction of sp³-hybridized carbons (Fsp3) is 0.727. The summed E-state index contributed by atoms with van der Waals surface area (Å²) in [4.78, 5) is 28.8. The van der Waals surface area contributed by atoms with Crippen LogP contribution in [0.2, 0.25) is 0 Å². The summed E-state index contributed by atoms with van der Waals surface area (Å²) < 4.78 is 10.8. The van der Waals surface area contributed by atoms with Gasteiger partial charge in [-0.15, -0.1) is 0 Å². The highest BCUT2D eigenvalue weighted by Gasteiger charge is 2.58. The number of carbonyl (C=O) groups is 2. The predicted octanol–water partition coefficient (Wildman–Crippen LogP) is 2.93. The van der Waals surface area contributed by atoms with Crippen LogP contribution in [0, 0.1) is 18.3 Å². The van der Waals surface area contributed by atoms with Crippen LogP contribution in [0.3, 0.4) is 0 Å². The molecule has 7 heteroatoms. The molecular weight excluding hydrogens is 370 g/mol. The highest BCUT2D eigenvalue weighted by atomic mass is 16.6. The number of nitrogens with one attached hydrogen (secondary N) is 1. The van der Waals surface area contributed by atoms with Crippen molar-refractivity contribution >= 4 is 12.0 Å². The smallest absolute Gasteiger partial charge is 0.409 e. The van der Waals surface area contributed by atoms with E-state index in [1.54, 1.807) is 4.90 Å². The molecule has 3 fully saturated rings. The molecule has 3 heterocycles. The lowest BCUT2D eigenvalue weighted by Crippen LogP contribution is -2.47. The van der Waals surface area contributed by atoms with Crippen molar-refractivity contribution in [3.05, 3.63) is 23.7 Å². The topological polar surface area (TPSA) is 75.0 Å². The highest BCUT2D eigenvalue weighted by molar-refractivity contribution is 5.83. The average molecular weight is 404 g/mol. The van der Waals surface area contributed by atoms with Gasteiger partial charge < -0.3 is 19.4 Å². The van der Waals surface area contributed by atoms with E-state index in [4.69, 9.17) is 9.15 Å². The van der Waals surface area contributed by atoms with Crippen molar-refractivity contribution in [1.82, 2.24) is 15.1 Å². The van der Waals surface area contributed by atoms with E-state index < -0.39 is 0 Å². The first-order chi connectivity index (χ1) is 14.0. The third-order valence-corrected chi connectivity index (χ3v) is 6.90. The maximum Gasteiger partial charge on any atom is 0.409 e. The summed E-state index contributed by atoms with van der Waals surface area (Å²) in [5, 5.41) is 3.25. The van der Waals surface area contributed by atoms with E-state index >= 15 is 0 Å². The number of hydrogen-bond donors (Lipinski definition) is 1. The lowest BCUT2D eigenvalue weighted by Gasteiger charge is -2.33. The molecule has 1 spiro atoms. The Bertz CT molecular complexity index is 730. The van der Waals surface area contributed by atoms with E-state index in [-0.39, 0.29) is 29.4 Å². The molecule has 1 atom stereocenters. The number of carbonyl (C=O) groups excluding carboxylic acids is 2. The van der Waals surface area contributed by atoms with Gasteiger partial charge in [-0.25, -0.2) is 4.79 Å². The van der Waals surface area contributed by atoms with Crippen molar-refractivity contribution in [1.29, 1.82) is 0 Å². The summed E-state index contributed by atoms with van der Waals surface area (Å²) in [6, 6.07) is 4.24. The Kier molecular flexibility index (Phi) is 5.86. The van der Waals surface area contributed by atoms with Gasteiger partial charge in [-0.3, -0.25) is 9.69 Å². The van der Waals surface area contributed by atoms with Gasteiger partial charge in [0.1, 0.15) is 11.5 Å². The molecule has 3 aliphatic rings. The second kappa shape index (κ2) is 8.38. The summed E-state index contributed by atoms with van der Waals surface area (Å²) in [6.45, 7) is 8.42. The summed E-state index contributed by atoms with van der Waals surface area (Å²) in [5.41, 5.74) is 0.214. The Morgan fingerprint density at radius 2 is 1.93 bits per heavy atom. The Morgan fingerprint density at radius 1 is 1.21 bits per heavy atom. The van der Waals surface area contributed by atoms with Gasteiger partial charge in [-0.05, 0) is 76.6 Å². The second-order valence-corrected chi connectivity index (χ2v) is 8.88. The number of amides is 2. The van der Waals surface area contributed by atoms with Crippen LogP contribution in [0.5, 0.6) is 0 Å². The van der Waals surface area contributed by atoms with Gasteiger partial charge in [0.25, 0.3) is 0 Å². The van der Waals surface area contributed by atoms with Crippen molar-refractivity contribution < 1.29 is 18.7 Å². The highest BCUT2D eigenvalue weighted by Crippen LogP contribution is 2.59. The molecule has 1 saturated carbocycles. The fourth-order valence-corrected chi connectivity index (χ4v) is 4.94. The van der Waals surface area contributed by atoms with E-state index in [9.17, 15) is 9.59 Å². The number of likely N-dealkylation sites (tertiary alicyclic amines) is 2. The molecule has 1 unspecified atom stereocenters. The van der Waals surface area contributed by atoms with Gasteiger partial charge in [-0.2, -0.15) is 0 Å². The summed E-state index contributed by atoms with van der Waals surface area (Å²) in [5.74, 6) is 2.37. The van der Waals surface area contributed by atoms with Gasteiger partial charge >= 0.3 is 6.09 Å². The first-order valence-electron chi connectivity index (χ1n) is 11.0. The van der Waals surface area contributed by atoms with Crippen molar-refractivity contribution in [3.8, 4) is 0 Å². The summed E-state index contributed by atoms with van der Waals surface area (Å²) in [6.07, 6.45) is 4.57. The number of furan rings is 1. The molecule has 29 heavy (non-hydrogen) atoms. The van der Waals surface area contributed by atoms with E-state index in [2.05, 4.69) is 16.3 Å². The van der Waals surface area contributed by atoms with Crippen LogP contribution in [0.1, 0.15) is 50.5 Å². The van der Waals surface area contributed by atoms with Crippen LogP contribution < -0.4 is 5.32 Å². The molecule has 2 amide bonds. The Labute approximate surface area is 172 Å². The van der Waals surface area contributed by atoms with Gasteiger partial charge in [0, 0.05) is 25.0 Å². The first kappa shape index (κ1) is 20.3. The van der Waals surface area contributed by atoms with Gasteiger partial charge in [0.05, 0.1) is 13.2 Å². The average Bonchev–Trinajstić information content (AvgIpc) is 3.27. The van der Waals surface area contributed by atoms with Crippen molar-refractivity contribution in [3.63, 3.8) is 0 Å². The van der Waals surface area contributed by atoms with Crippen LogP contribution in [-0.4, -0.2) is 60.6 Å². The van der Waals surface area contributed by atoms with Crippen LogP contribution in [0.25, 0.3) is 0 Å². The van der Waals surface area contributed by atoms with Crippen molar-refractivity contribution in [2.24, 2.45) is 11.3 Å². The van der Waals surface area contributed by atoms with Crippen LogP contribution in [-0.2, 0) is 16.1 Å². The maximum absolute atomic E-state index is 12.8. The first-order valence-corrected chi connectivity index (χ1v) is 11.0. The lowest BCUT2D eigenvalue weighted by atomic mass is 9.90. The van der Waals surface area contributed by atoms with Gasteiger partial charge in [-0.1, -0.05) is 0 Å². The quantitative estimate of drug-likeness (QED) is 0.818. The Balaban J connectivity index is 1.19. The molecule has 160 valence electrons. The van der Waals surface area contributed by atoms with E-state index in [1.165, 1.54) is 0 Å². The number of aryl methyl sites for hydroxylation is 1. The predicted molar refractivity (Wildman–Crippen MR) is 108 cm³/mol. The summed E-state index contributed by atoms with van der Waals surface area (Å²) in [7, 11) is 0. The fourth-order valence-electron chi connectivity index (χ4n) is 4.94. The molecule has 0 aromatic carbocycles. The minimum Gasteiger partial charge on any atom is -0.465 e. The molecule has 2 aliphatic heterocycles. The molecule has 1 N–H and O–H groups in total. The molecular formula is C22H33N3O4. The van der Waals surface area contributed by atoms with E-state index in [1.807, 2.05) is 19.9 Å². The number of nitrogens with zero attached hydrogens (tertiary/aromatic N) is 2. The zero-order valence-corrected chi connectivity index (χ0v) is 17.6. The normalized spacial score (nSPS) is 24.5. The molecule has 0 bridgehead atoms. The molecule has 4 rings (SSSR count). The number of ether oxygens (including phenoxy) is 1. The zero-order chi connectivity index (χ0) is 20.4. The largest absolute Gasteiger partial charge is 0.465 e. The molecule has 1 aromatic heterocycles. The molecule has 1 aromatic rings. The lowest BCUT2D eigenvalue weighted by molar-refractivity contribution is -0.124. The summed E-state index contributed by atoms with van der Waals surface area (Å²) >= 11 is 0. The maximum atomic E-state index is 12.8. The number of hydrogen-bond acceptors (Lipinski definition) is 5. The van der Waals surface area contributed by atoms with Gasteiger partial charge in [0.15, 0.2) is 0 Å². The third-order valence-electron chi connectivity index (χ3n) is 6.90. The van der Waals surface area contributed by atoms with Crippen molar-refractivity contribution in [2.75, 3.05) is 32.8 Å². The Hall–Kier alpha value is -2.02. The third kappa shape index (κ3) is 4.60. The molecule has 1 aliphatic carbocycles. The van der Waals surface area contributed by atoms with Crippen LogP contribution in [0.4, 0.5) is 4.79 Å².